The molecule has 1 heterocycles. The molecule has 0 bridgehead atoms. The lowest BCUT2D eigenvalue weighted by Crippen LogP contribution is -2.41. The van der Waals surface area contributed by atoms with Gasteiger partial charge in [0.1, 0.15) is 0 Å². The van der Waals surface area contributed by atoms with Crippen LogP contribution >= 0.6 is 19.2 Å². The van der Waals surface area contributed by atoms with Crippen LogP contribution in [0.5, 0.6) is 5.19 Å². The molecule has 1 aromatic heterocycles. The molecule has 31 heavy (non-hydrogen) atoms. The molecule has 4 rings (SSSR count). The standard InChI is InChI=1S/C22H31N2O5PS/c1-2-3-4-11-28-21-24-19-8-6-16-12-15(5-7-18(16)20(19)31-21)17-9-10-22(23,13-17)14-29-30(25,26)27/h5,7,12,17H,2-4,6,8-11,13-14,23H2,1H3,(H2,25,26,27)/t17-,22+/m0/s1. The van der Waals surface area contributed by atoms with E-state index in [1.807, 2.05) is 0 Å². The first-order valence-corrected chi connectivity index (χ1v) is 13.4. The van der Waals surface area contributed by atoms with E-state index in [1.165, 1.54) is 34.4 Å². The van der Waals surface area contributed by atoms with Gasteiger partial charge in [0.25, 0.3) is 5.19 Å². The van der Waals surface area contributed by atoms with Crippen molar-refractivity contribution in [2.75, 3.05) is 13.2 Å². The molecule has 1 fully saturated rings. The molecule has 2 atom stereocenters. The largest absolute Gasteiger partial charge is 0.470 e. The van der Waals surface area contributed by atoms with Crippen molar-refractivity contribution in [1.29, 1.82) is 0 Å². The molecular weight excluding hydrogens is 435 g/mol. The summed E-state index contributed by atoms with van der Waals surface area (Å²) in [7, 11) is -4.50. The second-order valence-electron chi connectivity index (χ2n) is 8.79. The second-order valence-corrected chi connectivity index (χ2v) is 11.0. The van der Waals surface area contributed by atoms with Crippen LogP contribution in [0.25, 0.3) is 10.4 Å². The van der Waals surface area contributed by atoms with Crippen LogP contribution in [0.1, 0.15) is 68.2 Å². The number of aromatic nitrogens is 1. The molecule has 0 aliphatic heterocycles. The molecule has 0 radical (unpaired) electrons. The van der Waals surface area contributed by atoms with Crippen LogP contribution < -0.4 is 10.5 Å². The zero-order chi connectivity index (χ0) is 22.1. The van der Waals surface area contributed by atoms with Crippen molar-refractivity contribution in [2.45, 2.75) is 69.7 Å². The first-order valence-electron chi connectivity index (χ1n) is 11.0. The summed E-state index contributed by atoms with van der Waals surface area (Å²) in [6.07, 6.45) is 7.52. The quantitative estimate of drug-likeness (QED) is 0.367. The van der Waals surface area contributed by atoms with E-state index in [4.69, 9.17) is 29.8 Å². The van der Waals surface area contributed by atoms with Gasteiger partial charge in [-0.3, -0.25) is 4.52 Å². The lowest BCUT2D eigenvalue weighted by Gasteiger charge is -2.24. The lowest BCUT2D eigenvalue weighted by molar-refractivity contribution is 0.153. The first kappa shape index (κ1) is 22.9. The molecule has 2 aliphatic rings. The topological polar surface area (TPSA) is 115 Å². The van der Waals surface area contributed by atoms with Crippen molar-refractivity contribution in [3.05, 3.63) is 35.0 Å². The Kier molecular flexibility index (Phi) is 6.87. The highest BCUT2D eigenvalue weighted by Crippen LogP contribution is 2.46. The summed E-state index contributed by atoms with van der Waals surface area (Å²) in [5, 5.41) is 0.770. The Morgan fingerprint density at radius 3 is 2.94 bits per heavy atom. The molecular formula is C22H31N2O5PS. The van der Waals surface area contributed by atoms with Crippen LogP contribution in [0.15, 0.2) is 18.2 Å². The van der Waals surface area contributed by atoms with E-state index in [9.17, 15) is 4.57 Å². The molecule has 0 amide bonds. The number of thiazole rings is 1. The average Bonchev–Trinajstić information content (AvgIpc) is 3.33. The zero-order valence-corrected chi connectivity index (χ0v) is 19.6. The summed E-state index contributed by atoms with van der Waals surface area (Å²) in [5.41, 5.74) is 10.6. The second kappa shape index (κ2) is 9.30. The van der Waals surface area contributed by atoms with E-state index in [0.717, 1.165) is 43.2 Å². The zero-order valence-electron chi connectivity index (χ0n) is 17.9. The Hall–Kier alpha value is -1.28. The Morgan fingerprint density at radius 1 is 1.32 bits per heavy atom. The summed E-state index contributed by atoms with van der Waals surface area (Å²) < 4.78 is 21.6. The van der Waals surface area contributed by atoms with E-state index in [0.29, 0.717) is 12.8 Å². The summed E-state index contributed by atoms with van der Waals surface area (Å²) in [6.45, 7) is 2.78. The summed E-state index contributed by atoms with van der Waals surface area (Å²) in [4.78, 5) is 23.9. The maximum absolute atomic E-state index is 11.0. The van der Waals surface area contributed by atoms with E-state index >= 15 is 0 Å². The van der Waals surface area contributed by atoms with Gasteiger partial charge < -0.3 is 20.3 Å². The van der Waals surface area contributed by atoms with Crippen LogP contribution in [0.3, 0.4) is 0 Å². The third kappa shape index (κ3) is 5.56. The maximum atomic E-state index is 11.0. The number of phosphoric acid groups is 1. The Morgan fingerprint density at radius 2 is 2.16 bits per heavy atom. The van der Waals surface area contributed by atoms with E-state index in [-0.39, 0.29) is 12.5 Å². The SMILES string of the molecule is CCCCCOc1nc2c(s1)-c1ccc([C@H]3CC[C@](N)(COP(=O)(O)O)C3)cc1CC2. The highest BCUT2D eigenvalue weighted by molar-refractivity contribution is 7.46. The number of nitrogens with zero attached hydrogens (tertiary/aromatic N) is 1. The van der Waals surface area contributed by atoms with Gasteiger partial charge in [0.2, 0.25) is 0 Å². The maximum Gasteiger partial charge on any atom is 0.469 e. The number of fused-ring (bicyclic) bond motifs is 3. The van der Waals surface area contributed by atoms with Crippen molar-refractivity contribution >= 4 is 19.2 Å². The van der Waals surface area contributed by atoms with Gasteiger partial charge in [-0.05, 0) is 61.1 Å². The van der Waals surface area contributed by atoms with Gasteiger partial charge >= 0.3 is 7.82 Å². The fourth-order valence-corrected chi connectivity index (χ4v) is 6.09. The number of rotatable bonds is 9. The van der Waals surface area contributed by atoms with Gasteiger partial charge in [-0.15, -0.1) is 0 Å². The first-order chi connectivity index (χ1) is 14.8. The van der Waals surface area contributed by atoms with Gasteiger partial charge in [0.15, 0.2) is 0 Å². The van der Waals surface area contributed by atoms with Crippen LogP contribution in [0, 0.1) is 0 Å². The highest BCUT2D eigenvalue weighted by atomic mass is 32.1. The fraction of sp³-hybridized carbons (Fsp3) is 0.591. The molecule has 2 aromatic rings. The van der Waals surface area contributed by atoms with Crippen molar-refractivity contribution < 1.29 is 23.6 Å². The molecule has 170 valence electrons. The molecule has 7 nitrogen and oxygen atoms in total. The molecule has 1 aromatic carbocycles. The van der Waals surface area contributed by atoms with E-state index < -0.39 is 13.4 Å². The van der Waals surface area contributed by atoms with Gasteiger partial charge in [-0.2, -0.15) is 0 Å². The lowest BCUT2D eigenvalue weighted by atomic mass is 9.87. The predicted molar refractivity (Wildman–Crippen MR) is 121 cm³/mol. The van der Waals surface area contributed by atoms with Gasteiger partial charge in [-0.1, -0.05) is 49.3 Å². The van der Waals surface area contributed by atoms with Gasteiger partial charge in [-0.25, -0.2) is 9.55 Å². The minimum absolute atomic E-state index is 0.121. The average molecular weight is 467 g/mol. The normalized spacial score (nSPS) is 22.9. The van der Waals surface area contributed by atoms with E-state index in [1.54, 1.807) is 11.3 Å². The summed E-state index contributed by atoms with van der Waals surface area (Å²) in [5.74, 6) is 0.274. The summed E-state index contributed by atoms with van der Waals surface area (Å²) >= 11 is 1.64. The number of nitrogens with two attached hydrogens (primary N) is 1. The monoisotopic (exact) mass is 466 g/mol. The molecule has 9 heteroatoms. The Labute approximate surface area is 187 Å². The predicted octanol–water partition coefficient (Wildman–Crippen LogP) is 4.55. The number of unbranched alkanes of at least 4 members (excludes halogenated alkanes) is 2. The van der Waals surface area contributed by atoms with Crippen molar-refractivity contribution in [2.24, 2.45) is 5.73 Å². The minimum Gasteiger partial charge on any atom is -0.470 e. The van der Waals surface area contributed by atoms with Crippen molar-refractivity contribution in [3.8, 4) is 15.6 Å². The third-order valence-corrected chi connectivity index (χ3v) is 7.80. The van der Waals surface area contributed by atoms with Crippen LogP contribution in [-0.2, 0) is 21.9 Å². The van der Waals surface area contributed by atoms with Crippen molar-refractivity contribution in [3.63, 3.8) is 0 Å². The number of aryl methyl sites for hydroxylation is 2. The number of hydrogen-bond donors (Lipinski definition) is 3. The highest BCUT2D eigenvalue weighted by Gasteiger charge is 2.38. The Balaban J connectivity index is 1.44. The smallest absolute Gasteiger partial charge is 0.469 e. The molecule has 1 saturated carbocycles. The molecule has 4 N–H and O–H groups in total. The van der Waals surface area contributed by atoms with Crippen LogP contribution in [-0.4, -0.2) is 33.5 Å². The number of benzene rings is 1. The molecule has 0 unspecified atom stereocenters. The van der Waals surface area contributed by atoms with Crippen LogP contribution in [0.2, 0.25) is 0 Å². The minimum atomic E-state index is -4.50. The van der Waals surface area contributed by atoms with Crippen molar-refractivity contribution in [1.82, 2.24) is 4.98 Å². The Bertz CT molecular complexity index is 975. The number of ether oxygens (including phenoxy) is 1. The molecule has 0 saturated heterocycles. The number of hydrogen-bond acceptors (Lipinski definition) is 6. The van der Waals surface area contributed by atoms with E-state index in [2.05, 4.69) is 25.1 Å². The summed E-state index contributed by atoms with van der Waals surface area (Å²) in [6, 6.07) is 6.63. The van der Waals surface area contributed by atoms with Crippen LogP contribution in [0.4, 0.5) is 0 Å². The van der Waals surface area contributed by atoms with Gasteiger partial charge in [0.05, 0.1) is 23.8 Å². The molecule has 2 aliphatic carbocycles. The van der Waals surface area contributed by atoms with Gasteiger partial charge in [0, 0.05) is 5.54 Å². The third-order valence-electron chi connectivity index (χ3n) is 6.29. The molecule has 0 spiro atoms. The fourth-order valence-electron chi connectivity index (χ4n) is 4.62. The number of phosphoric ester groups is 1.